The summed E-state index contributed by atoms with van der Waals surface area (Å²) in [4.78, 5) is 9.45. The molecule has 5 rings (SSSR count). The summed E-state index contributed by atoms with van der Waals surface area (Å²) in [6.07, 6.45) is 8.15. The number of nitrogens with one attached hydrogen (secondary N) is 1. The number of rotatable bonds is 5. The molecule has 1 aliphatic carbocycles. The Balaban J connectivity index is 1.59. The lowest BCUT2D eigenvalue weighted by Gasteiger charge is -2.36. The molecular formula is C20H20ClN7O. The fourth-order valence-corrected chi connectivity index (χ4v) is 3.59. The van der Waals surface area contributed by atoms with Crippen molar-refractivity contribution in [2.45, 2.75) is 24.9 Å². The molecule has 1 fully saturated rings. The minimum Gasteiger partial charge on any atom is -0.388 e. The smallest absolute Gasteiger partial charge is 0.243 e. The fraction of sp³-hybridized carbons (Fsp3) is 0.300. The quantitative estimate of drug-likeness (QED) is 0.526. The average Bonchev–Trinajstić information content (AvgIpc) is 3.30. The van der Waals surface area contributed by atoms with E-state index in [0.29, 0.717) is 28.9 Å². The zero-order valence-corrected chi connectivity index (χ0v) is 16.6. The number of aromatic nitrogens is 6. The molecule has 1 aliphatic rings. The van der Waals surface area contributed by atoms with Gasteiger partial charge in [-0.25, -0.2) is 9.50 Å². The number of nitrogens with zero attached hydrogens (tertiary/aromatic N) is 6. The Morgan fingerprint density at radius 2 is 1.93 bits per heavy atom. The van der Waals surface area contributed by atoms with Gasteiger partial charge in [0.2, 0.25) is 5.95 Å². The number of anilines is 1. The van der Waals surface area contributed by atoms with Gasteiger partial charge < -0.3 is 10.4 Å². The van der Waals surface area contributed by atoms with Crippen molar-refractivity contribution in [3.05, 3.63) is 47.9 Å². The molecule has 1 aromatic carbocycles. The van der Waals surface area contributed by atoms with Crippen LogP contribution in [-0.4, -0.2) is 46.6 Å². The molecular weight excluding hydrogens is 390 g/mol. The van der Waals surface area contributed by atoms with Gasteiger partial charge in [-0.2, -0.15) is 10.1 Å². The van der Waals surface area contributed by atoms with Crippen LogP contribution in [0.5, 0.6) is 0 Å². The second-order valence-corrected chi connectivity index (χ2v) is 7.96. The number of fused-ring (bicyclic) bond motifs is 1. The zero-order chi connectivity index (χ0) is 20.0. The van der Waals surface area contributed by atoms with E-state index in [1.54, 1.807) is 15.4 Å². The van der Waals surface area contributed by atoms with Gasteiger partial charge >= 0.3 is 0 Å². The lowest BCUT2D eigenvalue weighted by atomic mass is 9.80. The highest BCUT2D eigenvalue weighted by Gasteiger charge is 2.34. The van der Waals surface area contributed by atoms with Crippen LogP contribution in [0.1, 0.15) is 19.3 Å². The van der Waals surface area contributed by atoms with Crippen LogP contribution in [0.15, 0.2) is 42.9 Å². The van der Waals surface area contributed by atoms with E-state index in [1.165, 1.54) is 0 Å². The van der Waals surface area contributed by atoms with Crippen LogP contribution in [0, 0.1) is 0 Å². The molecule has 0 amide bonds. The molecule has 0 bridgehead atoms. The van der Waals surface area contributed by atoms with Gasteiger partial charge in [0.15, 0.2) is 5.65 Å². The van der Waals surface area contributed by atoms with Crippen molar-refractivity contribution in [1.82, 2.24) is 29.4 Å². The Hall–Kier alpha value is -2.97. The SMILES string of the molecule is Cn1cc(-c2nc(-c3ccc(Cl)cc3)cn3nc(NCC4(O)CCC4)nc23)cn1. The Kier molecular flexibility index (Phi) is 4.25. The van der Waals surface area contributed by atoms with Crippen molar-refractivity contribution in [3.63, 3.8) is 0 Å². The maximum atomic E-state index is 10.3. The lowest BCUT2D eigenvalue weighted by molar-refractivity contribution is -0.0203. The first kappa shape index (κ1) is 18.1. The minimum atomic E-state index is -0.656. The van der Waals surface area contributed by atoms with Gasteiger partial charge in [0.05, 0.1) is 23.7 Å². The second kappa shape index (κ2) is 6.82. The molecule has 0 spiro atoms. The van der Waals surface area contributed by atoms with Crippen molar-refractivity contribution in [2.75, 3.05) is 11.9 Å². The van der Waals surface area contributed by atoms with Crippen molar-refractivity contribution in [1.29, 1.82) is 0 Å². The van der Waals surface area contributed by atoms with Gasteiger partial charge in [-0.3, -0.25) is 4.68 Å². The Bertz CT molecular complexity index is 1180. The second-order valence-electron chi connectivity index (χ2n) is 7.52. The topological polar surface area (TPSA) is 93.2 Å². The maximum absolute atomic E-state index is 10.3. The first-order chi connectivity index (χ1) is 14.0. The summed E-state index contributed by atoms with van der Waals surface area (Å²) < 4.78 is 3.44. The van der Waals surface area contributed by atoms with Crippen LogP contribution in [0.25, 0.3) is 28.2 Å². The Labute approximate surface area is 172 Å². The van der Waals surface area contributed by atoms with Gasteiger partial charge in [0, 0.05) is 35.9 Å². The molecule has 0 aliphatic heterocycles. The fourth-order valence-electron chi connectivity index (χ4n) is 3.47. The first-order valence-corrected chi connectivity index (χ1v) is 9.86. The largest absolute Gasteiger partial charge is 0.388 e. The molecule has 0 saturated heterocycles. The monoisotopic (exact) mass is 409 g/mol. The molecule has 9 heteroatoms. The number of halogens is 1. The summed E-state index contributed by atoms with van der Waals surface area (Å²) >= 11 is 6.03. The third-order valence-electron chi connectivity index (χ3n) is 5.30. The van der Waals surface area contributed by atoms with Gasteiger partial charge in [0.25, 0.3) is 0 Å². The third kappa shape index (κ3) is 3.45. The molecule has 3 heterocycles. The van der Waals surface area contributed by atoms with Crippen LogP contribution < -0.4 is 5.32 Å². The van der Waals surface area contributed by atoms with E-state index in [0.717, 1.165) is 36.1 Å². The normalized spacial score (nSPS) is 15.4. The number of benzene rings is 1. The van der Waals surface area contributed by atoms with Crippen LogP contribution in [0.2, 0.25) is 5.02 Å². The van der Waals surface area contributed by atoms with Crippen molar-refractivity contribution in [3.8, 4) is 22.5 Å². The van der Waals surface area contributed by atoms with E-state index in [9.17, 15) is 5.11 Å². The molecule has 148 valence electrons. The predicted octanol–water partition coefficient (Wildman–Crippen LogP) is 3.17. The van der Waals surface area contributed by atoms with E-state index >= 15 is 0 Å². The van der Waals surface area contributed by atoms with Crippen LogP contribution in [-0.2, 0) is 7.05 Å². The summed E-state index contributed by atoms with van der Waals surface area (Å²) in [5.41, 5.74) is 3.19. The van der Waals surface area contributed by atoms with E-state index in [-0.39, 0.29) is 0 Å². The van der Waals surface area contributed by atoms with Gasteiger partial charge in [-0.15, -0.1) is 5.10 Å². The standard InChI is InChI=1S/C20H20ClN7O/c1-27-10-14(9-23-27)17-18-25-19(22-12-20(29)7-2-8-20)26-28(18)11-16(24-17)13-3-5-15(21)6-4-13/h3-6,9-11,29H,2,7-8,12H2,1H3,(H,22,26). The van der Waals surface area contributed by atoms with Crippen molar-refractivity contribution in [2.24, 2.45) is 7.05 Å². The highest BCUT2D eigenvalue weighted by Crippen LogP contribution is 2.32. The Morgan fingerprint density at radius 1 is 1.14 bits per heavy atom. The number of hydrogen-bond acceptors (Lipinski definition) is 6. The molecule has 1 saturated carbocycles. The molecule has 0 atom stereocenters. The predicted molar refractivity (Wildman–Crippen MR) is 111 cm³/mol. The highest BCUT2D eigenvalue weighted by molar-refractivity contribution is 6.30. The van der Waals surface area contributed by atoms with E-state index in [2.05, 4.69) is 20.5 Å². The number of aliphatic hydroxyl groups is 1. The van der Waals surface area contributed by atoms with E-state index in [4.69, 9.17) is 16.6 Å². The van der Waals surface area contributed by atoms with Crippen LogP contribution >= 0.6 is 11.6 Å². The maximum Gasteiger partial charge on any atom is 0.243 e. The number of hydrogen-bond donors (Lipinski definition) is 2. The molecule has 0 radical (unpaired) electrons. The summed E-state index contributed by atoms with van der Waals surface area (Å²) in [5, 5.41) is 23.0. The van der Waals surface area contributed by atoms with E-state index in [1.807, 2.05) is 43.7 Å². The molecule has 3 aromatic heterocycles. The number of aryl methyl sites for hydroxylation is 1. The molecule has 8 nitrogen and oxygen atoms in total. The molecule has 2 N–H and O–H groups in total. The summed E-state index contributed by atoms with van der Waals surface area (Å²) in [7, 11) is 1.86. The zero-order valence-electron chi connectivity index (χ0n) is 15.9. The summed E-state index contributed by atoms with van der Waals surface area (Å²) in [6.45, 7) is 0.434. The first-order valence-electron chi connectivity index (χ1n) is 9.48. The van der Waals surface area contributed by atoms with Gasteiger partial charge in [0.1, 0.15) is 5.69 Å². The Morgan fingerprint density at radius 3 is 2.59 bits per heavy atom. The lowest BCUT2D eigenvalue weighted by Crippen LogP contribution is -2.43. The van der Waals surface area contributed by atoms with Crippen molar-refractivity contribution >= 4 is 23.2 Å². The highest BCUT2D eigenvalue weighted by atomic mass is 35.5. The summed E-state index contributed by atoms with van der Waals surface area (Å²) in [5.74, 6) is 0.463. The van der Waals surface area contributed by atoms with Gasteiger partial charge in [-0.05, 0) is 31.4 Å². The van der Waals surface area contributed by atoms with Gasteiger partial charge in [-0.1, -0.05) is 23.7 Å². The third-order valence-corrected chi connectivity index (χ3v) is 5.55. The van der Waals surface area contributed by atoms with Crippen LogP contribution in [0.4, 0.5) is 5.95 Å². The summed E-state index contributed by atoms with van der Waals surface area (Å²) in [6, 6.07) is 7.51. The average molecular weight is 410 g/mol. The molecule has 29 heavy (non-hydrogen) atoms. The van der Waals surface area contributed by atoms with Crippen molar-refractivity contribution < 1.29 is 5.11 Å². The molecule has 4 aromatic rings. The van der Waals surface area contributed by atoms with E-state index < -0.39 is 5.60 Å². The minimum absolute atomic E-state index is 0.434. The van der Waals surface area contributed by atoms with Crippen LogP contribution in [0.3, 0.4) is 0 Å². The molecule has 0 unspecified atom stereocenters.